The van der Waals surface area contributed by atoms with E-state index < -0.39 is 24.5 Å². The zero-order chi connectivity index (χ0) is 18.1. The lowest BCUT2D eigenvalue weighted by atomic mass is 10.2. The van der Waals surface area contributed by atoms with Gasteiger partial charge in [-0.15, -0.1) is 0 Å². The molecule has 0 aliphatic heterocycles. The minimum Gasteiger partial charge on any atom is -0.497 e. The molecule has 1 atom stereocenters. The molecule has 2 amide bonds. The van der Waals surface area contributed by atoms with Crippen LogP contribution in [0.4, 0.5) is 0 Å². The normalized spacial score (nSPS) is 11.2. The van der Waals surface area contributed by atoms with Crippen molar-refractivity contribution >= 4 is 17.8 Å². The Morgan fingerprint density at radius 3 is 2.46 bits per heavy atom. The highest BCUT2D eigenvalue weighted by Gasteiger charge is 2.18. The maximum Gasteiger partial charge on any atom is 0.342 e. The zero-order valence-corrected chi connectivity index (χ0v) is 14.2. The largest absolute Gasteiger partial charge is 0.497 e. The molecule has 132 valence electrons. The summed E-state index contributed by atoms with van der Waals surface area (Å²) in [4.78, 5) is 35.3. The van der Waals surface area contributed by atoms with Gasteiger partial charge in [0.25, 0.3) is 5.91 Å². The van der Waals surface area contributed by atoms with Crippen LogP contribution in [0.3, 0.4) is 0 Å². The predicted molar refractivity (Wildman–Crippen MR) is 86.1 cm³/mol. The topological polar surface area (TPSA) is 103 Å². The molecule has 8 heteroatoms. The number of methoxy groups -OCH3 is 2. The molecule has 2 N–H and O–H groups in total. The molecule has 0 radical (unpaired) electrons. The van der Waals surface area contributed by atoms with E-state index in [1.54, 1.807) is 13.0 Å². The molecule has 1 rings (SSSR count). The van der Waals surface area contributed by atoms with Gasteiger partial charge in [0, 0.05) is 12.6 Å². The summed E-state index contributed by atoms with van der Waals surface area (Å²) < 4.78 is 15.1. The van der Waals surface area contributed by atoms with Crippen LogP contribution in [0.25, 0.3) is 0 Å². The van der Waals surface area contributed by atoms with E-state index in [-0.39, 0.29) is 17.2 Å². The van der Waals surface area contributed by atoms with Crippen molar-refractivity contribution in [1.82, 2.24) is 10.6 Å². The molecule has 1 aromatic rings. The Labute approximate surface area is 140 Å². The van der Waals surface area contributed by atoms with Gasteiger partial charge < -0.3 is 24.8 Å². The SMILES string of the molecule is CCNC(=O)[C@@H](C)NC(=O)COC(=O)c1ccc(OC)cc1OC. The molecule has 0 unspecified atom stereocenters. The summed E-state index contributed by atoms with van der Waals surface area (Å²) in [5.74, 6) is -0.800. The molecule has 0 spiro atoms. The Morgan fingerprint density at radius 2 is 1.88 bits per heavy atom. The summed E-state index contributed by atoms with van der Waals surface area (Å²) in [6, 6.07) is 3.88. The van der Waals surface area contributed by atoms with Crippen molar-refractivity contribution in [3.05, 3.63) is 23.8 Å². The van der Waals surface area contributed by atoms with Crippen LogP contribution in [-0.2, 0) is 14.3 Å². The molecule has 1 aromatic carbocycles. The van der Waals surface area contributed by atoms with Gasteiger partial charge >= 0.3 is 5.97 Å². The minimum atomic E-state index is -0.716. The van der Waals surface area contributed by atoms with E-state index in [2.05, 4.69) is 10.6 Å². The first-order chi connectivity index (χ1) is 11.4. The Balaban J connectivity index is 2.60. The van der Waals surface area contributed by atoms with Crippen molar-refractivity contribution in [3.8, 4) is 11.5 Å². The summed E-state index contributed by atoms with van der Waals surface area (Å²) in [5.41, 5.74) is 0.169. The lowest BCUT2D eigenvalue weighted by molar-refractivity contribution is -0.130. The van der Waals surface area contributed by atoms with E-state index >= 15 is 0 Å². The summed E-state index contributed by atoms with van der Waals surface area (Å²) in [5, 5.41) is 5.02. The van der Waals surface area contributed by atoms with Gasteiger partial charge in [-0.2, -0.15) is 0 Å². The highest BCUT2D eigenvalue weighted by Crippen LogP contribution is 2.25. The molecule has 24 heavy (non-hydrogen) atoms. The van der Waals surface area contributed by atoms with Crippen LogP contribution in [0.2, 0.25) is 0 Å². The second kappa shape index (κ2) is 9.39. The molecule has 8 nitrogen and oxygen atoms in total. The third-order valence-electron chi connectivity index (χ3n) is 3.08. The van der Waals surface area contributed by atoms with E-state index in [4.69, 9.17) is 14.2 Å². The number of hydrogen-bond donors (Lipinski definition) is 2. The number of carbonyl (C=O) groups is 3. The third-order valence-corrected chi connectivity index (χ3v) is 3.08. The zero-order valence-electron chi connectivity index (χ0n) is 14.2. The Morgan fingerprint density at radius 1 is 1.17 bits per heavy atom. The van der Waals surface area contributed by atoms with Gasteiger partial charge in [0.1, 0.15) is 23.1 Å². The van der Waals surface area contributed by atoms with Gasteiger partial charge in [0.05, 0.1) is 14.2 Å². The van der Waals surface area contributed by atoms with E-state index in [1.807, 2.05) is 0 Å². The number of nitrogens with one attached hydrogen (secondary N) is 2. The first kappa shape index (κ1) is 19.3. The maximum absolute atomic E-state index is 12.0. The van der Waals surface area contributed by atoms with E-state index in [0.717, 1.165) is 0 Å². The lowest BCUT2D eigenvalue weighted by Crippen LogP contribution is -2.46. The van der Waals surface area contributed by atoms with Crippen molar-refractivity contribution in [1.29, 1.82) is 0 Å². The van der Waals surface area contributed by atoms with Crippen LogP contribution in [0.15, 0.2) is 18.2 Å². The number of hydrogen-bond acceptors (Lipinski definition) is 6. The smallest absolute Gasteiger partial charge is 0.342 e. The Bertz CT molecular complexity index is 602. The molecule has 0 fully saturated rings. The van der Waals surface area contributed by atoms with Gasteiger partial charge in [0.2, 0.25) is 5.91 Å². The van der Waals surface area contributed by atoms with Gasteiger partial charge in [0.15, 0.2) is 6.61 Å². The summed E-state index contributed by atoms with van der Waals surface area (Å²) >= 11 is 0. The average Bonchev–Trinajstić information content (AvgIpc) is 2.59. The highest BCUT2D eigenvalue weighted by atomic mass is 16.5. The average molecular weight is 338 g/mol. The first-order valence-electron chi connectivity index (χ1n) is 7.39. The summed E-state index contributed by atoms with van der Waals surface area (Å²) in [6.45, 7) is 3.27. The van der Waals surface area contributed by atoms with Crippen LogP contribution < -0.4 is 20.1 Å². The second-order valence-corrected chi connectivity index (χ2v) is 4.83. The number of likely N-dealkylation sites (N-methyl/N-ethyl adjacent to an activating group) is 1. The Kier molecular flexibility index (Phi) is 7.54. The Hall–Kier alpha value is -2.77. The highest BCUT2D eigenvalue weighted by molar-refractivity contribution is 5.94. The molecule has 0 saturated heterocycles. The number of esters is 1. The predicted octanol–water partition coefficient (Wildman–Crippen LogP) is 0.501. The van der Waals surface area contributed by atoms with Crippen LogP contribution >= 0.6 is 0 Å². The number of rotatable bonds is 8. The number of benzene rings is 1. The molecule has 0 aromatic heterocycles. The number of carbonyl (C=O) groups excluding carboxylic acids is 3. The van der Waals surface area contributed by atoms with Crippen molar-refractivity contribution in [3.63, 3.8) is 0 Å². The molecule has 0 aliphatic rings. The van der Waals surface area contributed by atoms with Gasteiger partial charge in [-0.25, -0.2) is 4.79 Å². The van der Waals surface area contributed by atoms with Gasteiger partial charge in [-0.3, -0.25) is 9.59 Å². The third kappa shape index (κ3) is 5.45. The second-order valence-electron chi connectivity index (χ2n) is 4.83. The standard InChI is InChI=1S/C16H22N2O6/c1-5-17-15(20)10(2)18-14(19)9-24-16(21)12-7-6-11(22-3)8-13(12)23-4/h6-8,10H,5,9H2,1-4H3,(H,17,20)(H,18,19)/t10-/m1/s1. The van der Waals surface area contributed by atoms with Crippen LogP contribution in [0.1, 0.15) is 24.2 Å². The van der Waals surface area contributed by atoms with E-state index in [9.17, 15) is 14.4 Å². The first-order valence-corrected chi connectivity index (χ1v) is 7.39. The van der Waals surface area contributed by atoms with Gasteiger partial charge in [-0.05, 0) is 26.0 Å². The monoisotopic (exact) mass is 338 g/mol. The van der Waals surface area contributed by atoms with Crippen molar-refractivity contribution in [2.45, 2.75) is 19.9 Å². The molecule has 0 aliphatic carbocycles. The van der Waals surface area contributed by atoms with Crippen LogP contribution in [-0.4, -0.2) is 51.2 Å². The fourth-order valence-corrected chi connectivity index (χ4v) is 1.85. The summed E-state index contributed by atoms with van der Waals surface area (Å²) in [6.07, 6.45) is 0. The van der Waals surface area contributed by atoms with Crippen molar-refractivity contribution in [2.75, 3.05) is 27.4 Å². The van der Waals surface area contributed by atoms with E-state index in [0.29, 0.717) is 12.3 Å². The molecular formula is C16H22N2O6. The molecule has 0 heterocycles. The van der Waals surface area contributed by atoms with Crippen LogP contribution in [0, 0.1) is 0 Å². The fraction of sp³-hybridized carbons (Fsp3) is 0.438. The minimum absolute atomic E-state index is 0.169. The number of amides is 2. The van der Waals surface area contributed by atoms with E-state index in [1.165, 1.54) is 33.3 Å². The van der Waals surface area contributed by atoms with Crippen molar-refractivity contribution < 1.29 is 28.6 Å². The maximum atomic E-state index is 12.0. The number of ether oxygens (including phenoxy) is 3. The quantitative estimate of drug-likeness (QED) is 0.669. The van der Waals surface area contributed by atoms with Crippen molar-refractivity contribution in [2.24, 2.45) is 0 Å². The van der Waals surface area contributed by atoms with Gasteiger partial charge in [-0.1, -0.05) is 0 Å². The molecule has 0 bridgehead atoms. The molecular weight excluding hydrogens is 316 g/mol. The summed E-state index contributed by atoms with van der Waals surface area (Å²) in [7, 11) is 2.90. The molecule has 0 saturated carbocycles. The van der Waals surface area contributed by atoms with Crippen LogP contribution in [0.5, 0.6) is 11.5 Å². The lowest BCUT2D eigenvalue weighted by Gasteiger charge is -2.14. The fourth-order valence-electron chi connectivity index (χ4n) is 1.85.